The van der Waals surface area contributed by atoms with Gasteiger partial charge in [-0.15, -0.1) is 11.3 Å². The largest absolute Gasteiger partial charge is 0.462 e. The van der Waals surface area contributed by atoms with Crippen LogP contribution >= 0.6 is 11.3 Å². The van der Waals surface area contributed by atoms with Crippen LogP contribution < -0.4 is 9.80 Å². The molecule has 0 N–H and O–H groups in total. The van der Waals surface area contributed by atoms with Crippen molar-refractivity contribution in [1.29, 1.82) is 5.26 Å². The highest BCUT2D eigenvalue weighted by Crippen LogP contribution is 2.38. The first kappa shape index (κ1) is 21.5. The molecule has 162 valence electrons. The first-order chi connectivity index (χ1) is 15.4. The molecule has 2 aromatic heterocycles. The molecule has 0 saturated carbocycles. The number of ether oxygens (including phenoxy) is 1. The number of benzene rings is 1. The minimum atomic E-state index is -0.446. The Hall–Kier alpha value is -3.70. The Bertz CT molecular complexity index is 1240. The Labute approximate surface area is 190 Å². The number of anilines is 2. The van der Waals surface area contributed by atoms with E-state index in [1.807, 2.05) is 31.3 Å². The fourth-order valence-corrected chi connectivity index (χ4v) is 4.51. The number of rotatable bonds is 4. The lowest BCUT2D eigenvalue weighted by Gasteiger charge is -2.36. The number of fused-ring (bicyclic) bond motifs is 1. The molecule has 0 saturated heterocycles. The van der Waals surface area contributed by atoms with Crippen LogP contribution in [0.4, 0.5) is 11.4 Å². The van der Waals surface area contributed by atoms with E-state index in [4.69, 9.17) is 10.00 Å². The maximum atomic E-state index is 13.4. The molecule has 3 aromatic rings. The van der Waals surface area contributed by atoms with Gasteiger partial charge < -0.3 is 14.5 Å². The van der Waals surface area contributed by atoms with Gasteiger partial charge in [0.15, 0.2) is 0 Å². The molecule has 0 fully saturated rings. The van der Waals surface area contributed by atoms with Gasteiger partial charge in [0.2, 0.25) is 0 Å². The quantitative estimate of drug-likeness (QED) is 0.557. The number of nitrogens with zero attached hydrogens (tertiary/aromatic N) is 4. The van der Waals surface area contributed by atoms with Crippen LogP contribution in [0.15, 0.2) is 42.5 Å². The van der Waals surface area contributed by atoms with E-state index in [-0.39, 0.29) is 18.2 Å². The van der Waals surface area contributed by atoms with Crippen molar-refractivity contribution in [3.63, 3.8) is 0 Å². The van der Waals surface area contributed by atoms with E-state index in [0.717, 1.165) is 21.8 Å². The summed E-state index contributed by atoms with van der Waals surface area (Å²) in [6.07, 6.45) is 0. The van der Waals surface area contributed by atoms with Crippen molar-refractivity contribution >= 4 is 34.6 Å². The molecule has 0 aliphatic carbocycles. The van der Waals surface area contributed by atoms with Gasteiger partial charge in [-0.2, -0.15) is 5.26 Å². The summed E-state index contributed by atoms with van der Waals surface area (Å²) in [5.74, 6) is -0.669. The highest BCUT2D eigenvalue weighted by Gasteiger charge is 2.28. The fourth-order valence-electron chi connectivity index (χ4n) is 3.71. The van der Waals surface area contributed by atoms with Crippen molar-refractivity contribution in [1.82, 2.24) is 4.98 Å². The number of carbonyl (C=O) groups excluding carboxylic acids is 2. The molecular weight excluding hydrogens is 424 g/mol. The van der Waals surface area contributed by atoms with Gasteiger partial charge >= 0.3 is 5.97 Å². The van der Waals surface area contributed by atoms with E-state index in [2.05, 4.69) is 16.0 Å². The molecule has 0 bridgehead atoms. The minimum absolute atomic E-state index is 0.223. The van der Waals surface area contributed by atoms with Crippen LogP contribution in [0.5, 0.6) is 0 Å². The van der Waals surface area contributed by atoms with Crippen molar-refractivity contribution in [3.8, 4) is 16.5 Å². The Morgan fingerprint density at radius 2 is 1.97 bits per heavy atom. The lowest BCUT2D eigenvalue weighted by atomic mass is 10.1. The third-order valence-electron chi connectivity index (χ3n) is 5.38. The zero-order valence-corrected chi connectivity index (χ0v) is 18.9. The summed E-state index contributed by atoms with van der Waals surface area (Å²) in [5, 5.41) is 9.14. The summed E-state index contributed by atoms with van der Waals surface area (Å²) >= 11 is 1.42. The van der Waals surface area contributed by atoms with Crippen LogP contribution in [0.1, 0.15) is 38.3 Å². The second kappa shape index (κ2) is 8.81. The van der Waals surface area contributed by atoms with E-state index in [1.54, 1.807) is 36.9 Å². The lowest BCUT2D eigenvalue weighted by molar-refractivity contribution is 0.0524. The Morgan fingerprint density at radius 1 is 1.16 bits per heavy atom. The molecular formula is C24H22N4O3S. The van der Waals surface area contributed by atoms with Crippen molar-refractivity contribution < 1.29 is 14.3 Å². The van der Waals surface area contributed by atoms with E-state index in [1.165, 1.54) is 11.3 Å². The number of likely N-dealkylation sites (N-methyl/N-ethyl adjacent to an activating group) is 1. The molecule has 1 aliphatic heterocycles. The van der Waals surface area contributed by atoms with Crippen molar-refractivity contribution in [3.05, 3.63) is 64.3 Å². The highest BCUT2D eigenvalue weighted by molar-refractivity contribution is 7.16. The molecule has 0 atom stereocenters. The van der Waals surface area contributed by atoms with Crippen LogP contribution in [-0.4, -0.2) is 43.6 Å². The number of aromatic nitrogens is 1. The van der Waals surface area contributed by atoms with Gasteiger partial charge in [-0.25, -0.2) is 9.78 Å². The van der Waals surface area contributed by atoms with E-state index in [9.17, 15) is 9.59 Å². The first-order valence-corrected chi connectivity index (χ1v) is 11.1. The van der Waals surface area contributed by atoms with Gasteiger partial charge in [0.25, 0.3) is 5.91 Å². The van der Waals surface area contributed by atoms with Gasteiger partial charge in [-0.3, -0.25) is 4.79 Å². The average Bonchev–Trinajstić information content (AvgIpc) is 3.28. The van der Waals surface area contributed by atoms with Gasteiger partial charge in [0, 0.05) is 25.0 Å². The summed E-state index contributed by atoms with van der Waals surface area (Å²) in [7, 11) is 2.00. The summed E-state index contributed by atoms with van der Waals surface area (Å²) in [6.45, 7) is 4.92. The lowest BCUT2D eigenvalue weighted by Crippen LogP contribution is -2.43. The topological polar surface area (TPSA) is 86.5 Å². The predicted molar refractivity (Wildman–Crippen MR) is 124 cm³/mol. The van der Waals surface area contributed by atoms with Crippen molar-refractivity contribution in [2.24, 2.45) is 0 Å². The third-order valence-corrected chi connectivity index (χ3v) is 6.42. The number of nitriles is 1. The number of aryl methyl sites for hydroxylation is 1. The van der Waals surface area contributed by atoms with Crippen LogP contribution in [0.3, 0.4) is 0 Å². The molecule has 0 radical (unpaired) electrons. The van der Waals surface area contributed by atoms with Gasteiger partial charge in [-0.1, -0.05) is 6.07 Å². The van der Waals surface area contributed by atoms with Crippen LogP contribution in [-0.2, 0) is 4.74 Å². The molecule has 7 nitrogen and oxygen atoms in total. The summed E-state index contributed by atoms with van der Waals surface area (Å²) in [6, 6.07) is 15.0. The molecule has 8 heteroatoms. The average molecular weight is 447 g/mol. The molecule has 1 aromatic carbocycles. The van der Waals surface area contributed by atoms with E-state index >= 15 is 0 Å². The zero-order chi connectivity index (χ0) is 22.8. The Kier molecular flexibility index (Phi) is 5.93. The second-order valence-corrected chi connectivity index (χ2v) is 8.49. The second-order valence-electron chi connectivity index (χ2n) is 7.41. The molecule has 1 aliphatic rings. The Balaban J connectivity index is 1.69. The van der Waals surface area contributed by atoms with Crippen molar-refractivity contribution in [2.45, 2.75) is 13.8 Å². The maximum absolute atomic E-state index is 13.4. The zero-order valence-electron chi connectivity index (χ0n) is 18.1. The third kappa shape index (κ3) is 3.95. The van der Waals surface area contributed by atoms with Gasteiger partial charge in [0.1, 0.15) is 16.6 Å². The van der Waals surface area contributed by atoms with E-state index in [0.29, 0.717) is 29.2 Å². The Morgan fingerprint density at radius 3 is 2.66 bits per heavy atom. The van der Waals surface area contributed by atoms with E-state index < -0.39 is 5.97 Å². The molecule has 0 spiro atoms. The smallest absolute Gasteiger partial charge is 0.339 e. The standard InChI is InChI=1S/C24H22N4O3S/c1-4-31-24(30)18-7-8-19(26-15(18)2)23(29)28-12-11-27(3)20-9-5-16(13-21(20)28)22-10-6-17(14-25)32-22/h5-10,13H,4,11-12H2,1-3H3. The minimum Gasteiger partial charge on any atom is -0.462 e. The number of esters is 1. The normalized spacial score (nSPS) is 12.8. The first-order valence-electron chi connectivity index (χ1n) is 10.2. The fraction of sp³-hybridized carbons (Fsp3) is 0.250. The number of pyridine rings is 1. The monoisotopic (exact) mass is 446 g/mol. The van der Waals surface area contributed by atoms with Crippen molar-refractivity contribution in [2.75, 3.05) is 36.5 Å². The number of thiophene rings is 1. The predicted octanol–water partition coefficient (Wildman–Crippen LogP) is 4.26. The molecule has 4 rings (SSSR count). The van der Waals surface area contributed by atoms with Gasteiger partial charge in [-0.05, 0) is 55.8 Å². The number of carbonyl (C=O) groups is 2. The maximum Gasteiger partial charge on any atom is 0.339 e. The number of hydrogen-bond donors (Lipinski definition) is 0. The summed E-state index contributed by atoms with van der Waals surface area (Å²) in [4.78, 5) is 35.3. The van der Waals surface area contributed by atoms with Crippen LogP contribution in [0, 0.1) is 18.3 Å². The summed E-state index contributed by atoms with van der Waals surface area (Å²) in [5.41, 5.74) is 3.78. The molecule has 32 heavy (non-hydrogen) atoms. The molecule has 0 unspecified atom stereocenters. The highest BCUT2D eigenvalue weighted by atomic mass is 32.1. The van der Waals surface area contributed by atoms with Crippen LogP contribution in [0.2, 0.25) is 0 Å². The SMILES string of the molecule is CCOC(=O)c1ccc(C(=O)N2CCN(C)c3ccc(-c4ccc(C#N)s4)cc32)nc1C. The molecule has 3 heterocycles. The summed E-state index contributed by atoms with van der Waals surface area (Å²) < 4.78 is 5.05. The molecule has 1 amide bonds. The van der Waals surface area contributed by atoms with Crippen LogP contribution in [0.25, 0.3) is 10.4 Å². The van der Waals surface area contributed by atoms with Gasteiger partial charge in [0.05, 0.1) is 29.2 Å². The number of amides is 1. The number of hydrogen-bond acceptors (Lipinski definition) is 7.